The van der Waals surface area contributed by atoms with Crippen LogP contribution in [0.1, 0.15) is 17.0 Å². The molecule has 0 aliphatic rings. The van der Waals surface area contributed by atoms with Gasteiger partial charge in [0.1, 0.15) is 17.0 Å². The van der Waals surface area contributed by atoms with Gasteiger partial charge < -0.3 is 13.9 Å². The highest BCUT2D eigenvalue weighted by Crippen LogP contribution is 2.36. The van der Waals surface area contributed by atoms with Gasteiger partial charge in [-0.2, -0.15) is 0 Å². The second-order valence-corrected chi connectivity index (χ2v) is 7.62. The van der Waals surface area contributed by atoms with Crippen LogP contribution in [0.4, 0.5) is 0 Å². The molecule has 6 nitrogen and oxygen atoms in total. The number of benzene rings is 2. The molecule has 2 aromatic heterocycles. The molecular formula is C22H21N3O3S. The SMILES string of the molecule is COc1ccc(OC)c2c(C)cc(SCc3nnc(-c4ccc(C)cc4)o3)nc12. The largest absolute Gasteiger partial charge is 0.496 e. The van der Waals surface area contributed by atoms with Crippen molar-refractivity contribution in [1.82, 2.24) is 15.2 Å². The number of nitrogens with zero attached hydrogens (tertiary/aromatic N) is 3. The number of rotatable bonds is 6. The third kappa shape index (κ3) is 3.91. The summed E-state index contributed by atoms with van der Waals surface area (Å²) in [7, 11) is 3.30. The molecule has 0 radical (unpaired) electrons. The third-order valence-corrected chi connectivity index (χ3v) is 5.50. The van der Waals surface area contributed by atoms with E-state index in [4.69, 9.17) is 18.9 Å². The van der Waals surface area contributed by atoms with E-state index in [2.05, 4.69) is 10.2 Å². The summed E-state index contributed by atoms with van der Waals surface area (Å²) in [4.78, 5) is 4.77. The molecule has 4 aromatic rings. The first-order chi connectivity index (χ1) is 14.1. The predicted molar refractivity (Wildman–Crippen MR) is 114 cm³/mol. The van der Waals surface area contributed by atoms with Crippen LogP contribution in [0.15, 0.2) is 51.9 Å². The molecular weight excluding hydrogens is 386 g/mol. The van der Waals surface area contributed by atoms with Gasteiger partial charge in [0.25, 0.3) is 0 Å². The van der Waals surface area contributed by atoms with Crippen LogP contribution in [0.2, 0.25) is 0 Å². The molecule has 0 amide bonds. The molecule has 4 rings (SSSR count). The Hall–Kier alpha value is -3.06. The minimum absolute atomic E-state index is 0.523. The van der Waals surface area contributed by atoms with E-state index in [1.165, 1.54) is 5.56 Å². The van der Waals surface area contributed by atoms with Crippen LogP contribution < -0.4 is 9.47 Å². The fraction of sp³-hybridized carbons (Fsp3) is 0.227. The molecule has 0 N–H and O–H groups in total. The molecule has 2 heterocycles. The Morgan fingerprint density at radius 2 is 1.66 bits per heavy atom. The lowest BCUT2D eigenvalue weighted by Gasteiger charge is -2.12. The Bertz CT molecular complexity index is 1160. The van der Waals surface area contributed by atoms with Crippen LogP contribution in [0.5, 0.6) is 11.5 Å². The number of pyridine rings is 1. The highest BCUT2D eigenvalue weighted by molar-refractivity contribution is 7.98. The molecule has 0 bridgehead atoms. The van der Waals surface area contributed by atoms with E-state index < -0.39 is 0 Å². The molecule has 7 heteroatoms. The fourth-order valence-corrected chi connectivity index (χ4v) is 3.92. The van der Waals surface area contributed by atoms with Gasteiger partial charge in [0, 0.05) is 10.9 Å². The van der Waals surface area contributed by atoms with Crippen molar-refractivity contribution in [3.63, 3.8) is 0 Å². The van der Waals surface area contributed by atoms with Gasteiger partial charge in [-0.15, -0.1) is 10.2 Å². The molecule has 0 aliphatic carbocycles. The molecule has 0 spiro atoms. The topological polar surface area (TPSA) is 70.3 Å². The summed E-state index contributed by atoms with van der Waals surface area (Å²) in [6, 6.07) is 13.8. The monoisotopic (exact) mass is 407 g/mol. The van der Waals surface area contributed by atoms with Gasteiger partial charge in [-0.05, 0) is 49.7 Å². The first kappa shape index (κ1) is 19.3. The molecule has 29 heavy (non-hydrogen) atoms. The van der Waals surface area contributed by atoms with Crippen LogP contribution in [0, 0.1) is 13.8 Å². The van der Waals surface area contributed by atoms with Crippen molar-refractivity contribution in [2.24, 2.45) is 0 Å². The van der Waals surface area contributed by atoms with Crippen LogP contribution in [-0.4, -0.2) is 29.4 Å². The molecule has 0 fully saturated rings. The van der Waals surface area contributed by atoms with Crippen molar-refractivity contribution in [3.8, 4) is 23.0 Å². The summed E-state index contributed by atoms with van der Waals surface area (Å²) in [5.41, 5.74) is 3.95. The summed E-state index contributed by atoms with van der Waals surface area (Å²) in [5.74, 6) is 3.11. The average Bonchev–Trinajstić information content (AvgIpc) is 3.21. The first-order valence-electron chi connectivity index (χ1n) is 9.13. The Balaban J connectivity index is 1.58. The van der Waals surface area contributed by atoms with Crippen molar-refractivity contribution in [2.45, 2.75) is 24.6 Å². The molecule has 0 unspecified atom stereocenters. The van der Waals surface area contributed by atoms with Crippen LogP contribution in [0.25, 0.3) is 22.4 Å². The van der Waals surface area contributed by atoms with Gasteiger partial charge in [0.2, 0.25) is 11.8 Å². The molecule has 0 aliphatic heterocycles. The zero-order valence-corrected chi connectivity index (χ0v) is 17.5. The fourth-order valence-electron chi connectivity index (χ4n) is 3.11. The molecule has 0 saturated heterocycles. The van der Waals surface area contributed by atoms with E-state index in [9.17, 15) is 0 Å². The average molecular weight is 407 g/mol. The lowest BCUT2D eigenvalue weighted by molar-refractivity contribution is 0.409. The predicted octanol–water partition coefficient (Wildman–Crippen LogP) is 5.21. The van der Waals surface area contributed by atoms with Gasteiger partial charge in [-0.1, -0.05) is 29.5 Å². The van der Waals surface area contributed by atoms with Crippen molar-refractivity contribution in [3.05, 3.63) is 59.5 Å². The standard InChI is InChI=1S/C22H21N3O3S/c1-13-5-7-15(8-6-13)22-25-24-18(28-22)12-29-19-11-14(2)20-16(26-3)9-10-17(27-4)21(20)23-19/h5-11H,12H2,1-4H3. The third-order valence-electron chi connectivity index (χ3n) is 4.61. The number of ether oxygens (including phenoxy) is 2. The minimum Gasteiger partial charge on any atom is -0.496 e. The number of aryl methyl sites for hydroxylation is 2. The number of aromatic nitrogens is 3. The van der Waals surface area contributed by atoms with E-state index in [0.29, 0.717) is 23.3 Å². The summed E-state index contributed by atoms with van der Waals surface area (Å²) in [6.45, 7) is 4.08. The minimum atomic E-state index is 0.523. The van der Waals surface area contributed by atoms with Crippen molar-refractivity contribution in [1.29, 1.82) is 0 Å². The van der Waals surface area contributed by atoms with Crippen molar-refractivity contribution >= 4 is 22.7 Å². The van der Waals surface area contributed by atoms with Gasteiger partial charge in [0.15, 0.2) is 0 Å². The van der Waals surface area contributed by atoms with Crippen molar-refractivity contribution in [2.75, 3.05) is 14.2 Å². The van der Waals surface area contributed by atoms with E-state index in [-0.39, 0.29) is 0 Å². The smallest absolute Gasteiger partial charge is 0.247 e. The van der Waals surface area contributed by atoms with E-state index in [1.54, 1.807) is 26.0 Å². The van der Waals surface area contributed by atoms with Gasteiger partial charge >= 0.3 is 0 Å². The Labute approximate surface area is 173 Å². The summed E-state index contributed by atoms with van der Waals surface area (Å²) in [5, 5.41) is 10.1. The molecule has 0 saturated carbocycles. The number of hydrogen-bond donors (Lipinski definition) is 0. The Kier molecular flexibility index (Phi) is 5.40. The molecule has 148 valence electrons. The Morgan fingerprint density at radius 3 is 2.38 bits per heavy atom. The zero-order valence-electron chi connectivity index (χ0n) is 16.7. The Morgan fingerprint density at radius 1 is 0.931 bits per heavy atom. The second-order valence-electron chi connectivity index (χ2n) is 6.63. The number of hydrogen-bond acceptors (Lipinski definition) is 7. The van der Waals surface area contributed by atoms with E-state index in [0.717, 1.165) is 32.8 Å². The molecule has 2 aromatic carbocycles. The highest BCUT2D eigenvalue weighted by Gasteiger charge is 2.14. The van der Waals surface area contributed by atoms with Gasteiger partial charge in [0.05, 0.1) is 25.0 Å². The second kappa shape index (κ2) is 8.13. The molecule has 0 atom stereocenters. The van der Waals surface area contributed by atoms with Crippen molar-refractivity contribution < 1.29 is 13.9 Å². The van der Waals surface area contributed by atoms with E-state index in [1.807, 2.05) is 56.3 Å². The number of methoxy groups -OCH3 is 2. The number of thioether (sulfide) groups is 1. The summed E-state index contributed by atoms with van der Waals surface area (Å²) in [6.07, 6.45) is 0. The van der Waals surface area contributed by atoms with Crippen LogP contribution in [-0.2, 0) is 5.75 Å². The first-order valence-corrected chi connectivity index (χ1v) is 10.1. The maximum absolute atomic E-state index is 5.81. The van der Waals surface area contributed by atoms with E-state index >= 15 is 0 Å². The summed E-state index contributed by atoms with van der Waals surface area (Å²) >= 11 is 1.54. The number of fused-ring (bicyclic) bond motifs is 1. The lowest BCUT2D eigenvalue weighted by atomic mass is 10.1. The lowest BCUT2D eigenvalue weighted by Crippen LogP contribution is -1.95. The maximum atomic E-state index is 5.81. The normalized spacial score (nSPS) is 11.0. The highest BCUT2D eigenvalue weighted by atomic mass is 32.2. The van der Waals surface area contributed by atoms with Gasteiger partial charge in [-0.3, -0.25) is 0 Å². The summed E-state index contributed by atoms with van der Waals surface area (Å²) < 4.78 is 16.8. The maximum Gasteiger partial charge on any atom is 0.247 e. The van der Waals surface area contributed by atoms with Gasteiger partial charge in [-0.25, -0.2) is 4.98 Å². The van der Waals surface area contributed by atoms with Crippen LogP contribution >= 0.6 is 11.8 Å². The van der Waals surface area contributed by atoms with Crippen LogP contribution in [0.3, 0.4) is 0 Å². The zero-order chi connectivity index (χ0) is 20.4. The quantitative estimate of drug-likeness (QED) is 0.406.